The van der Waals surface area contributed by atoms with E-state index < -0.39 is 22.9 Å². The van der Waals surface area contributed by atoms with E-state index in [2.05, 4.69) is 20.6 Å². The molecule has 2 aromatic rings. The molecule has 6 nitrogen and oxygen atoms in total. The molecule has 1 saturated heterocycles. The first kappa shape index (κ1) is 22.5. The van der Waals surface area contributed by atoms with E-state index in [0.717, 1.165) is 17.7 Å². The van der Waals surface area contributed by atoms with Crippen LogP contribution in [0.2, 0.25) is 0 Å². The average Bonchev–Trinajstić information content (AvgIpc) is 2.67. The minimum atomic E-state index is -4.41. The van der Waals surface area contributed by atoms with Crippen molar-refractivity contribution in [1.29, 1.82) is 0 Å². The minimum Gasteiger partial charge on any atom is -0.394 e. The van der Waals surface area contributed by atoms with Crippen molar-refractivity contribution in [3.63, 3.8) is 0 Å². The number of nitrogens with zero attached hydrogens (tertiary/aromatic N) is 2. The van der Waals surface area contributed by atoms with Gasteiger partial charge in [-0.2, -0.15) is 13.2 Å². The first-order valence-electron chi connectivity index (χ1n) is 9.79. The average molecular weight is 424 g/mol. The zero-order valence-electron chi connectivity index (χ0n) is 17.2. The summed E-state index contributed by atoms with van der Waals surface area (Å²) in [6.45, 7) is 5.47. The third kappa shape index (κ3) is 5.08. The number of aromatic nitrogens is 2. The van der Waals surface area contributed by atoms with Crippen molar-refractivity contribution in [2.45, 2.75) is 63.0 Å². The number of rotatable bonds is 5. The molecule has 0 saturated carbocycles. The van der Waals surface area contributed by atoms with Gasteiger partial charge in [-0.3, -0.25) is 0 Å². The first-order valence-corrected chi connectivity index (χ1v) is 9.79. The van der Waals surface area contributed by atoms with Crippen molar-refractivity contribution in [2.75, 3.05) is 11.9 Å². The lowest BCUT2D eigenvalue weighted by atomic mass is 9.77. The second kappa shape index (κ2) is 8.13. The van der Waals surface area contributed by atoms with E-state index in [-0.39, 0.29) is 25.1 Å². The number of benzene rings is 1. The highest BCUT2D eigenvalue weighted by Crippen LogP contribution is 2.41. The molecule has 0 bridgehead atoms. The van der Waals surface area contributed by atoms with Crippen molar-refractivity contribution >= 4 is 5.95 Å². The van der Waals surface area contributed by atoms with Crippen molar-refractivity contribution in [1.82, 2.24) is 15.3 Å². The van der Waals surface area contributed by atoms with Crippen LogP contribution in [-0.2, 0) is 11.8 Å². The molecule has 4 N–H and O–H groups in total. The van der Waals surface area contributed by atoms with Crippen LogP contribution >= 0.6 is 0 Å². The van der Waals surface area contributed by atoms with Gasteiger partial charge in [-0.1, -0.05) is 12.1 Å². The second-order valence-electron chi connectivity index (χ2n) is 8.64. The molecule has 1 fully saturated rings. The highest BCUT2D eigenvalue weighted by molar-refractivity contribution is 5.32. The number of nitrogens with one attached hydrogen (secondary N) is 2. The van der Waals surface area contributed by atoms with Gasteiger partial charge in [-0.25, -0.2) is 9.97 Å². The Labute approximate surface area is 173 Å². The molecule has 0 radical (unpaired) electrons. The zero-order valence-corrected chi connectivity index (χ0v) is 17.2. The van der Waals surface area contributed by atoms with E-state index in [0.29, 0.717) is 17.9 Å². The van der Waals surface area contributed by atoms with Crippen LogP contribution in [0.25, 0.3) is 0 Å². The van der Waals surface area contributed by atoms with Crippen molar-refractivity contribution in [2.24, 2.45) is 0 Å². The maximum Gasteiger partial charge on any atom is 0.416 e. The number of aliphatic hydroxyl groups excluding tert-OH is 1. The molecule has 0 spiro atoms. The van der Waals surface area contributed by atoms with Crippen molar-refractivity contribution in [3.8, 4) is 0 Å². The zero-order chi connectivity index (χ0) is 22.2. The number of aliphatic hydroxyl groups is 2. The highest BCUT2D eigenvalue weighted by Gasteiger charge is 2.40. The summed E-state index contributed by atoms with van der Waals surface area (Å²) in [5.74, 6) is 0.375. The third-order valence-electron chi connectivity index (χ3n) is 5.34. The van der Waals surface area contributed by atoms with Crippen LogP contribution in [0, 0.1) is 0 Å². The molecule has 3 atom stereocenters. The third-order valence-corrected chi connectivity index (χ3v) is 5.34. The van der Waals surface area contributed by atoms with E-state index in [1.807, 2.05) is 20.8 Å². The summed E-state index contributed by atoms with van der Waals surface area (Å²) < 4.78 is 38.6. The summed E-state index contributed by atoms with van der Waals surface area (Å²) in [5, 5.41) is 27.1. The van der Waals surface area contributed by atoms with Gasteiger partial charge in [0.15, 0.2) is 0 Å². The Bertz CT molecular complexity index is 856. The normalized spacial score (nSPS) is 25.2. The van der Waals surface area contributed by atoms with Gasteiger partial charge in [0.2, 0.25) is 5.95 Å². The van der Waals surface area contributed by atoms with Crippen molar-refractivity contribution in [3.05, 3.63) is 53.3 Å². The van der Waals surface area contributed by atoms with Gasteiger partial charge < -0.3 is 20.8 Å². The largest absolute Gasteiger partial charge is 0.416 e. The predicted molar refractivity (Wildman–Crippen MR) is 107 cm³/mol. The van der Waals surface area contributed by atoms with E-state index in [4.69, 9.17) is 0 Å². The summed E-state index contributed by atoms with van der Waals surface area (Å²) in [6.07, 6.45) is -0.471. The quantitative estimate of drug-likeness (QED) is 0.589. The fourth-order valence-corrected chi connectivity index (χ4v) is 3.73. The van der Waals surface area contributed by atoms with Gasteiger partial charge in [0.25, 0.3) is 0 Å². The monoisotopic (exact) mass is 424 g/mol. The SMILES string of the molecule is CC1CC(O)(c2ccc(C(F)(F)F)cc2)CC(c2cnc(NC(C)(C)CO)nc2)N1. The minimum absolute atomic E-state index is 0.0674. The van der Waals surface area contributed by atoms with E-state index in [9.17, 15) is 23.4 Å². The van der Waals surface area contributed by atoms with E-state index in [1.54, 1.807) is 12.4 Å². The summed E-state index contributed by atoms with van der Waals surface area (Å²) in [6, 6.07) is 4.36. The molecule has 2 heterocycles. The van der Waals surface area contributed by atoms with Crippen LogP contribution < -0.4 is 10.6 Å². The molecule has 0 aliphatic carbocycles. The smallest absolute Gasteiger partial charge is 0.394 e. The molecule has 1 aliphatic rings. The summed E-state index contributed by atoms with van der Waals surface area (Å²) in [7, 11) is 0. The maximum absolute atomic E-state index is 12.9. The van der Waals surface area contributed by atoms with Crippen LogP contribution in [0.15, 0.2) is 36.7 Å². The molecule has 1 aromatic heterocycles. The maximum atomic E-state index is 12.9. The standard InChI is InChI=1S/C21H27F3N4O2/c1-13-8-20(30,15-4-6-16(7-5-15)21(22,23)24)9-17(27-13)14-10-25-18(26-11-14)28-19(2,3)12-29/h4-7,10-11,13,17,27,29-30H,8-9,12H2,1-3H3,(H,25,26,28). The molecule has 3 rings (SSSR count). The fraction of sp³-hybridized carbons (Fsp3) is 0.524. The predicted octanol–water partition coefficient (Wildman–Crippen LogP) is 3.38. The molecule has 1 aromatic carbocycles. The molecule has 164 valence electrons. The van der Waals surface area contributed by atoms with Crippen LogP contribution in [0.5, 0.6) is 0 Å². The number of piperidine rings is 1. The van der Waals surface area contributed by atoms with Crippen LogP contribution in [-0.4, -0.2) is 38.4 Å². The Kier molecular flexibility index (Phi) is 6.08. The van der Waals surface area contributed by atoms with Crippen LogP contribution in [0.4, 0.5) is 19.1 Å². The molecule has 0 amide bonds. The molecule has 30 heavy (non-hydrogen) atoms. The highest BCUT2D eigenvalue weighted by atomic mass is 19.4. The number of hydrogen-bond donors (Lipinski definition) is 4. The van der Waals surface area contributed by atoms with Gasteiger partial charge in [-0.15, -0.1) is 0 Å². The Hall–Kier alpha value is -2.23. The lowest BCUT2D eigenvalue weighted by Gasteiger charge is -2.41. The van der Waals surface area contributed by atoms with Crippen molar-refractivity contribution < 1.29 is 23.4 Å². The van der Waals surface area contributed by atoms with Gasteiger partial charge in [0, 0.05) is 30.0 Å². The van der Waals surface area contributed by atoms with Gasteiger partial charge in [-0.05, 0) is 51.3 Å². The fourth-order valence-electron chi connectivity index (χ4n) is 3.73. The second-order valence-corrected chi connectivity index (χ2v) is 8.64. The number of hydrogen-bond acceptors (Lipinski definition) is 6. The molecular formula is C21H27F3N4O2. The Balaban J connectivity index is 1.79. The summed E-state index contributed by atoms with van der Waals surface area (Å²) >= 11 is 0. The number of alkyl halides is 3. The molecular weight excluding hydrogens is 397 g/mol. The van der Waals surface area contributed by atoms with Crippen LogP contribution in [0.1, 0.15) is 56.3 Å². The first-order chi connectivity index (χ1) is 13.9. The van der Waals surface area contributed by atoms with E-state index >= 15 is 0 Å². The van der Waals surface area contributed by atoms with Gasteiger partial charge in [0.1, 0.15) is 0 Å². The summed E-state index contributed by atoms with van der Waals surface area (Å²) in [5.41, 5.74) is -1.36. The van der Waals surface area contributed by atoms with Crippen LogP contribution in [0.3, 0.4) is 0 Å². The lowest BCUT2D eigenvalue weighted by molar-refractivity contribution is -0.137. The van der Waals surface area contributed by atoms with Gasteiger partial charge in [0.05, 0.1) is 23.3 Å². The lowest BCUT2D eigenvalue weighted by Crippen LogP contribution is -2.47. The van der Waals surface area contributed by atoms with Gasteiger partial charge >= 0.3 is 6.18 Å². The Morgan fingerprint density at radius 1 is 1.13 bits per heavy atom. The summed E-state index contributed by atoms with van der Waals surface area (Å²) in [4.78, 5) is 8.58. The molecule has 3 unspecified atom stereocenters. The number of anilines is 1. The Morgan fingerprint density at radius 3 is 2.27 bits per heavy atom. The molecule has 1 aliphatic heterocycles. The topological polar surface area (TPSA) is 90.3 Å². The number of halogens is 3. The molecule has 9 heteroatoms. The Morgan fingerprint density at radius 2 is 1.73 bits per heavy atom. The van der Waals surface area contributed by atoms with E-state index in [1.165, 1.54) is 12.1 Å².